The van der Waals surface area contributed by atoms with Crippen molar-refractivity contribution < 1.29 is 30.0 Å². The smallest absolute Gasteiger partial charge is 0.303 e. The van der Waals surface area contributed by atoms with E-state index in [1.165, 1.54) is 0 Å². The molecule has 2 aromatic heterocycles. The SMILES string of the molecule is NCCc1c[nH]c2ccc(O)cc12.NCCc1c[nH]c2ccc(O)cc12.O=C(O)CCCCC(=O)O. The van der Waals surface area contributed by atoms with Gasteiger partial charge in [-0.2, -0.15) is 0 Å². The highest BCUT2D eigenvalue weighted by Crippen LogP contribution is 2.23. The number of unbranched alkanes of at least 4 members (excludes halogenated alkanes) is 1. The van der Waals surface area contributed by atoms with Crippen LogP contribution in [0.1, 0.15) is 36.8 Å². The molecular weight excluding hydrogens is 464 g/mol. The van der Waals surface area contributed by atoms with Crippen LogP contribution in [0.5, 0.6) is 11.5 Å². The Labute approximate surface area is 208 Å². The van der Waals surface area contributed by atoms with Crippen LogP contribution >= 0.6 is 0 Å². The minimum absolute atomic E-state index is 0.0628. The molecule has 0 aliphatic rings. The number of carbonyl (C=O) groups is 2. The van der Waals surface area contributed by atoms with Crippen molar-refractivity contribution in [2.24, 2.45) is 11.5 Å². The van der Waals surface area contributed by atoms with Gasteiger partial charge < -0.3 is 41.9 Å². The number of aliphatic carboxylic acids is 2. The summed E-state index contributed by atoms with van der Waals surface area (Å²) in [6.07, 6.45) is 6.57. The summed E-state index contributed by atoms with van der Waals surface area (Å²) in [6.45, 7) is 1.26. The van der Waals surface area contributed by atoms with Crippen LogP contribution in [-0.2, 0) is 22.4 Å². The molecule has 0 bridgehead atoms. The van der Waals surface area contributed by atoms with E-state index >= 15 is 0 Å². The number of aromatic nitrogens is 2. The molecule has 0 saturated carbocycles. The lowest BCUT2D eigenvalue weighted by Gasteiger charge is -1.96. The molecule has 10 N–H and O–H groups in total. The Bertz CT molecular complexity index is 1170. The number of hydrogen-bond donors (Lipinski definition) is 8. The largest absolute Gasteiger partial charge is 0.508 e. The van der Waals surface area contributed by atoms with Crippen molar-refractivity contribution in [3.63, 3.8) is 0 Å². The van der Waals surface area contributed by atoms with Gasteiger partial charge in [0, 0.05) is 47.0 Å². The highest BCUT2D eigenvalue weighted by molar-refractivity contribution is 5.85. The molecule has 2 aromatic carbocycles. The Morgan fingerprint density at radius 2 is 1.08 bits per heavy atom. The number of phenolic OH excluding ortho intramolecular Hbond substituents is 2. The summed E-state index contributed by atoms with van der Waals surface area (Å²) in [5.74, 6) is -1.15. The van der Waals surface area contributed by atoms with Crippen LogP contribution in [0, 0.1) is 0 Å². The first-order valence-electron chi connectivity index (χ1n) is 11.7. The summed E-state index contributed by atoms with van der Waals surface area (Å²) < 4.78 is 0. The number of phenols is 2. The van der Waals surface area contributed by atoms with Gasteiger partial charge in [0.15, 0.2) is 0 Å². The summed E-state index contributed by atoms with van der Waals surface area (Å²) in [5, 5.41) is 37.0. The molecule has 0 fully saturated rings. The molecule has 2 heterocycles. The lowest BCUT2D eigenvalue weighted by molar-refractivity contribution is -0.139. The summed E-state index contributed by atoms with van der Waals surface area (Å²) in [5.41, 5.74) is 15.4. The van der Waals surface area contributed by atoms with E-state index in [-0.39, 0.29) is 12.8 Å². The maximum Gasteiger partial charge on any atom is 0.303 e. The van der Waals surface area contributed by atoms with E-state index in [1.54, 1.807) is 24.3 Å². The maximum atomic E-state index is 9.90. The lowest BCUT2D eigenvalue weighted by Crippen LogP contribution is -2.01. The Hall–Kier alpha value is -4.02. The number of carboxylic acids is 2. The van der Waals surface area contributed by atoms with Gasteiger partial charge in [-0.3, -0.25) is 9.59 Å². The topological polar surface area (TPSA) is 199 Å². The van der Waals surface area contributed by atoms with Crippen molar-refractivity contribution in [2.45, 2.75) is 38.5 Å². The monoisotopic (exact) mass is 498 g/mol. The molecule has 0 saturated heterocycles. The number of aromatic amines is 2. The van der Waals surface area contributed by atoms with Crippen LogP contribution in [0.4, 0.5) is 0 Å². The second kappa shape index (κ2) is 14.4. The van der Waals surface area contributed by atoms with E-state index in [4.69, 9.17) is 21.7 Å². The predicted molar refractivity (Wildman–Crippen MR) is 139 cm³/mol. The number of fused-ring (bicyclic) bond motifs is 2. The first kappa shape index (κ1) is 28.2. The van der Waals surface area contributed by atoms with Gasteiger partial charge in [0.1, 0.15) is 11.5 Å². The minimum atomic E-state index is -0.870. The number of H-pyrrole nitrogens is 2. The molecule has 0 amide bonds. The third kappa shape index (κ3) is 8.97. The standard InChI is InChI=1S/2C10H12N2O.C6H10O4/c2*11-4-3-7-6-12-10-2-1-8(13)5-9(7)10;7-5(8)3-1-2-4-6(9)10/h2*1-2,5-6,12-13H,3-4,11H2;1-4H2,(H,7,8)(H,9,10). The highest BCUT2D eigenvalue weighted by Gasteiger charge is 2.04. The van der Waals surface area contributed by atoms with Crippen LogP contribution in [-0.4, -0.2) is 55.4 Å². The number of aromatic hydroxyl groups is 2. The zero-order valence-corrected chi connectivity index (χ0v) is 20.0. The lowest BCUT2D eigenvalue weighted by atomic mass is 10.1. The number of carboxylic acid groups (broad SMARTS) is 2. The third-order valence-corrected chi connectivity index (χ3v) is 5.36. The van der Waals surface area contributed by atoms with Gasteiger partial charge in [-0.05, 0) is 86.3 Å². The summed E-state index contributed by atoms with van der Waals surface area (Å²) in [6, 6.07) is 10.6. The molecule has 0 aliphatic heterocycles. The molecule has 0 unspecified atom stereocenters. The summed E-state index contributed by atoms with van der Waals surface area (Å²) in [4.78, 5) is 26.1. The van der Waals surface area contributed by atoms with Crippen molar-refractivity contribution in [1.29, 1.82) is 0 Å². The van der Waals surface area contributed by atoms with Crippen molar-refractivity contribution in [2.75, 3.05) is 13.1 Å². The molecule has 0 radical (unpaired) electrons. The fourth-order valence-electron chi connectivity index (χ4n) is 3.61. The molecule has 36 heavy (non-hydrogen) atoms. The van der Waals surface area contributed by atoms with Crippen molar-refractivity contribution in [3.8, 4) is 11.5 Å². The fraction of sp³-hybridized carbons (Fsp3) is 0.308. The fourth-order valence-corrected chi connectivity index (χ4v) is 3.61. The van der Waals surface area contributed by atoms with Gasteiger partial charge in [-0.25, -0.2) is 0 Å². The molecule has 10 nitrogen and oxygen atoms in total. The van der Waals surface area contributed by atoms with Crippen molar-refractivity contribution in [1.82, 2.24) is 9.97 Å². The zero-order chi connectivity index (χ0) is 26.5. The minimum Gasteiger partial charge on any atom is -0.508 e. The van der Waals surface area contributed by atoms with Gasteiger partial charge in [0.25, 0.3) is 0 Å². The second-order valence-corrected chi connectivity index (χ2v) is 8.16. The van der Waals surface area contributed by atoms with Gasteiger partial charge in [-0.1, -0.05) is 0 Å². The molecule has 10 heteroatoms. The molecule has 0 spiro atoms. The number of benzene rings is 2. The number of hydrogen-bond acceptors (Lipinski definition) is 6. The summed E-state index contributed by atoms with van der Waals surface area (Å²) in [7, 11) is 0. The Morgan fingerprint density at radius 3 is 1.42 bits per heavy atom. The molecule has 194 valence electrons. The van der Waals surface area contributed by atoms with Gasteiger partial charge in [0.05, 0.1) is 0 Å². The molecule has 4 rings (SSSR count). The first-order chi connectivity index (χ1) is 17.2. The highest BCUT2D eigenvalue weighted by atomic mass is 16.4. The van der Waals surface area contributed by atoms with E-state index in [9.17, 15) is 19.8 Å². The van der Waals surface area contributed by atoms with E-state index < -0.39 is 11.9 Å². The molecule has 0 atom stereocenters. The average Bonchev–Trinajstić information content (AvgIpc) is 3.42. The van der Waals surface area contributed by atoms with Crippen LogP contribution in [0.25, 0.3) is 21.8 Å². The van der Waals surface area contributed by atoms with Gasteiger partial charge >= 0.3 is 11.9 Å². The third-order valence-electron chi connectivity index (χ3n) is 5.36. The predicted octanol–water partition coefficient (Wildman–Crippen LogP) is 3.47. The quantitative estimate of drug-likeness (QED) is 0.160. The van der Waals surface area contributed by atoms with Crippen LogP contribution in [0.3, 0.4) is 0 Å². The van der Waals surface area contributed by atoms with E-state index in [0.717, 1.165) is 45.8 Å². The second-order valence-electron chi connectivity index (χ2n) is 8.16. The van der Waals surface area contributed by atoms with Crippen LogP contribution in [0.2, 0.25) is 0 Å². The van der Waals surface area contributed by atoms with E-state index in [2.05, 4.69) is 9.97 Å². The Morgan fingerprint density at radius 1 is 0.694 bits per heavy atom. The number of nitrogens with one attached hydrogen (secondary N) is 2. The zero-order valence-electron chi connectivity index (χ0n) is 20.0. The molecular formula is C26H34N4O6. The van der Waals surface area contributed by atoms with Crippen molar-refractivity contribution in [3.05, 3.63) is 59.9 Å². The van der Waals surface area contributed by atoms with E-state index in [0.29, 0.717) is 37.4 Å². The Kier molecular flexibility index (Phi) is 11.3. The Balaban J connectivity index is 0.000000193. The number of nitrogens with two attached hydrogens (primary N) is 2. The molecule has 4 aromatic rings. The van der Waals surface area contributed by atoms with E-state index in [1.807, 2.05) is 24.5 Å². The van der Waals surface area contributed by atoms with Gasteiger partial charge in [0.2, 0.25) is 0 Å². The van der Waals surface area contributed by atoms with Crippen molar-refractivity contribution >= 4 is 33.7 Å². The number of rotatable bonds is 9. The average molecular weight is 499 g/mol. The van der Waals surface area contributed by atoms with Gasteiger partial charge in [-0.15, -0.1) is 0 Å². The normalized spacial score (nSPS) is 10.4. The van der Waals surface area contributed by atoms with Crippen LogP contribution in [0.15, 0.2) is 48.8 Å². The maximum absolute atomic E-state index is 9.90. The summed E-state index contributed by atoms with van der Waals surface area (Å²) >= 11 is 0. The first-order valence-corrected chi connectivity index (χ1v) is 11.7. The molecule has 0 aliphatic carbocycles. The van der Waals surface area contributed by atoms with Crippen LogP contribution < -0.4 is 11.5 Å².